The molecule has 0 aliphatic rings. The lowest BCUT2D eigenvalue weighted by molar-refractivity contribution is 0.102. The van der Waals surface area contributed by atoms with Gasteiger partial charge in [0.25, 0.3) is 5.91 Å². The van der Waals surface area contributed by atoms with Crippen molar-refractivity contribution in [3.63, 3.8) is 0 Å². The van der Waals surface area contributed by atoms with Gasteiger partial charge < -0.3 is 14.8 Å². The van der Waals surface area contributed by atoms with E-state index < -0.39 is 0 Å². The van der Waals surface area contributed by atoms with Crippen molar-refractivity contribution < 1.29 is 14.3 Å². The van der Waals surface area contributed by atoms with Gasteiger partial charge in [0.2, 0.25) is 0 Å². The van der Waals surface area contributed by atoms with Crippen LogP contribution in [0, 0.1) is 5.92 Å². The summed E-state index contributed by atoms with van der Waals surface area (Å²) in [5, 5.41) is 2.89. The average Bonchev–Trinajstić information content (AvgIpc) is 2.53. The first-order valence-electron chi connectivity index (χ1n) is 8.25. The minimum Gasteiger partial charge on any atom is -0.493 e. The van der Waals surface area contributed by atoms with Crippen LogP contribution in [0.4, 0.5) is 5.69 Å². The van der Waals surface area contributed by atoms with E-state index in [1.807, 2.05) is 38.1 Å². The predicted molar refractivity (Wildman–Crippen MR) is 96.9 cm³/mol. The maximum atomic E-state index is 12.3. The molecule has 2 rings (SSSR count). The molecule has 0 fully saturated rings. The molecule has 128 valence electrons. The Morgan fingerprint density at radius 3 is 2.33 bits per heavy atom. The smallest absolute Gasteiger partial charge is 0.255 e. The minimum atomic E-state index is -0.160. The highest BCUT2D eigenvalue weighted by Gasteiger charge is 2.08. The van der Waals surface area contributed by atoms with Crippen LogP contribution in [0.25, 0.3) is 0 Å². The van der Waals surface area contributed by atoms with Gasteiger partial charge in [0, 0.05) is 17.3 Å². The van der Waals surface area contributed by atoms with E-state index in [9.17, 15) is 4.79 Å². The maximum absolute atomic E-state index is 12.3. The molecule has 0 heterocycles. The molecular formula is C20H25NO3. The summed E-state index contributed by atoms with van der Waals surface area (Å²) in [7, 11) is 0. The number of nitrogens with one attached hydrogen (secondary N) is 1. The molecule has 0 unspecified atom stereocenters. The molecule has 2 aromatic rings. The molecule has 24 heavy (non-hydrogen) atoms. The van der Waals surface area contributed by atoms with E-state index in [4.69, 9.17) is 9.47 Å². The second-order valence-electron chi connectivity index (χ2n) is 6.38. The zero-order valence-electron chi connectivity index (χ0n) is 14.7. The van der Waals surface area contributed by atoms with Crippen molar-refractivity contribution in [3.8, 4) is 11.5 Å². The zero-order chi connectivity index (χ0) is 17.5. The fraction of sp³-hybridized carbons (Fsp3) is 0.350. The van der Waals surface area contributed by atoms with Crippen LogP contribution < -0.4 is 14.8 Å². The van der Waals surface area contributed by atoms with Crippen molar-refractivity contribution in [1.82, 2.24) is 0 Å². The van der Waals surface area contributed by atoms with Gasteiger partial charge in [-0.2, -0.15) is 0 Å². The highest BCUT2D eigenvalue weighted by atomic mass is 16.5. The monoisotopic (exact) mass is 327 g/mol. The normalized spacial score (nSPS) is 10.8. The number of amides is 1. The van der Waals surface area contributed by atoms with Gasteiger partial charge in [0.1, 0.15) is 11.5 Å². The maximum Gasteiger partial charge on any atom is 0.255 e. The fourth-order valence-corrected chi connectivity index (χ4v) is 2.09. The molecular weight excluding hydrogens is 302 g/mol. The van der Waals surface area contributed by atoms with Gasteiger partial charge in [-0.1, -0.05) is 19.9 Å². The van der Waals surface area contributed by atoms with Crippen molar-refractivity contribution >= 4 is 11.6 Å². The Morgan fingerprint density at radius 1 is 1.00 bits per heavy atom. The van der Waals surface area contributed by atoms with Gasteiger partial charge in [-0.15, -0.1) is 0 Å². The summed E-state index contributed by atoms with van der Waals surface area (Å²) in [6.07, 6.45) is 0.109. The summed E-state index contributed by atoms with van der Waals surface area (Å²) in [6.45, 7) is 8.77. The molecule has 0 aromatic heterocycles. The van der Waals surface area contributed by atoms with Crippen LogP contribution >= 0.6 is 0 Å². The molecule has 0 atom stereocenters. The van der Waals surface area contributed by atoms with E-state index >= 15 is 0 Å². The largest absolute Gasteiger partial charge is 0.493 e. The van der Waals surface area contributed by atoms with E-state index in [0.29, 0.717) is 23.8 Å². The lowest BCUT2D eigenvalue weighted by Gasteiger charge is -2.12. The Hall–Kier alpha value is -2.49. The Morgan fingerprint density at radius 2 is 1.71 bits per heavy atom. The van der Waals surface area contributed by atoms with E-state index in [1.54, 1.807) is 24.3 Å². The number of anilines is 1. The summed E-state index contributed by atoms with van der Waals surface area (Å²) >= 11 is 0. The molecule has 0 bridgehead atoms. The highest BCUT2D eigenvalue weighted by Crippen LogP contribution is 2.20. The third kappa shape index (κ3) is 5.61. The Labute approximate surface area is 143 Å². The standard InChI is InChI=1S/C20H25NO3/c1-14(2)13-23-19-7-5-6-17(12-19)21-20(22)16-8-10-18(11-9-16)24-15(3)4/h5-12,14-15H,13H2,1-4H3,(H,21,22). The second-order valence-corrected chi connectivity index (χ2v) is 6.38. The van der Waals surface area contributed by atoms with Crippen LogP contribution in [0.2, 0.25) is 0 Å². The Bertz CT molecular complexity index is 663. The van der Waals surface area contributed by atoms with Crippen molar-refractivity contribution in [2.45, 2.75) is 33.8 Å². The van der Waals surface area contributed by atoms with Crippen molar-refractivity contribution in [1.29, 1.82) is 0 Å². The third-order valence-corrected chi connectivity index (χ3v) is 3.16. The first-order valence-corrected chi connectivity index (χ1v) is 8.25. The van der Waals surface area contributed by atoms with Crippen molar-refractivity contribution in [3.05, 3.63) is 54.1 Å². The first kappa shape index (κ1) is 17.9. The minimum absolute atomic E-state index is 0.109. The highest BCUT2D eigenvalue weighted by molar-refractivity contribution is 6.04. The molecule has 0 radical (unpaired) electrons. The van der Waals surface area contributed by atoms with E-state index in [-0.39, 0.29) is 12.0 Å². The van der Waals surface area contributed by atoms with Gasteiger partial charge in [-0.3, -0.25) is 4.79 Å². The number of hydrogen-bond donors (Lipinski definition) is 1. The van der Waals surface area contributed by atoms with Crippen LogP contribution in [0.15, 0.2) is 48.5 Å². The summed E-state index contributed by atoms with van der Waals surface area (Å²) in [6, 6.07) is 14.5. The number of hydrogen-bond acceptors (Lipinski definition) is 3. The molecule has 1 N–H and O–H groups in total. The second kappa shape index (κ2) is 8.39. The molecule has 4 nitrogen and oxygen atoms in total. The van der Waals surface area contributed by atoms with E-state index in [1.165, 1.54) is 0 Å². The van der Waals surface area contributed by atoms with E-state index in [2.05, 4.69) is 19.2 Å². The van der Waals surface area contributed by atoms with Crippen LogP contribution in [0.3, 0.4) is 0 Å². The van der Waals surface area contributed by atoms with Crippen molar-refractivity contribution in [2.24, 2.45) is 5.92 Å². The molecule has 0 aliphatic heterocycles. The average molecular weight is 327 g/mol. The van der Waals surface area contributed by atoms with Gasteiger partial charge in [-0.05, 0) is 56.2 Å². The topological polar surface area (TPSA) is 47.6 Å². The fourth-order valence-electron chi connectivity index (χ4n) is 2.09. The molecule has 4 heteroatoms. The molecule has 0 aliphatic carbocycles. The summed E-state index contributed by atoms with van der Waals surface area (Å²) in [5.74, 6) is 1.80. The Kier molecular flexibility index (Phi) is 6.24. The lowest BCUT2D eigenvalue weighted by atomic mass is 10.2. The van der Waals surface area contributed by atoms with Gasteiger partial charge in [0.05, 0.1) is 12.7 Å². The molecule has 0 spiro atoms. The van der Waals surface area contributed by atoms with Crippen molar-refractivity contribution in [2.75, 3.05) is 11.9 Å². The van der Waals surface area contributed by atoms with Crippen LogP contribution in [0.5, 0.6) is 11.5 Å². The summed E-state index contributed by atoms with van der Waals surface area (Å²) in [4.78, 5) is 12.3. The lowest BCUT2D eigenvalue weighted by Crippen LogP contribution is -2.12. The molecule has 1 amide bonds. The Balaban J connectivity index is 2.00. The summed E-state index contributed by atoms with van der Waals surface area (Å²) < 4.78 is 11.3. The predicted octanol–water partition coefficient (Wildman–Crippen LogP) is 4.76. The molecule has 2 aromatic carbocycles. The van der Waals surface area contributed by atoms with Gasteiger partial charge >= 0.3 is 0 Å². The van der Waals surface area contributed by atoms with E-state index in [0.717, 1.165) is 11.5 Å². The quantitative estimate of drug-likeness (QED) is 0.797. The molecule has 0 saturated carbocycles. The number of benzene rings is 2. The number of carbonyl (C=O) groups is 1. The number of carbonyl (C=O) groups excluding carboxylic acids is 1. The zero-order valence-corrected chi connectivity index (χ0v) is 14.7. The molecule has 0 saturated heterocycles. The first-order chi connectivity index (χ1) is 11.4. The summed E-state index contributed by atoms with van der Waals surface area (Å²) in [5.41, 5.74) is 1.29. The van der Waals surface area contributed by atoms with Crippen LogP contribution in [-0.4, -0.2) is 18.6 Å². The van der Waals surface area contributed by atoms with Crippen LogP contribution in [-0.2, 0) is 0 Å². The van der Waals surface area contributed by atoms with Crippen LogP contribution in [0.1, 0.15) is 38.1 Å². The third-order valence-electron chi connectivity index (χ3n) is 3.16. The van der Waals surface area contributed by atoms with Gasteiger partial charge in [-0.25, -0.2) is 0 Å². The van der Waals surface area contributed by atoms with Gasteiger partial charge in [0.15, 0.2) is 0 Å². The SMILES string of the molecule is CC(C)COc1cccc(NC(=O)c2ccc(OC(C)C)cc2)c1. The number of rotatable bonds is 7. The number of ether oxygens (including phenoxy) is 2.